The number of Topliss-reactive ketones (excluding diaryl/α,β-unsaturated/α-hetero) is 1. The van der Waals surface area contributed by atoms with Crippen LogP contribution in [0.5, 0.6) is 0 Å². The van der Waals surface area contributed by atoms with Crippen molar-refractivity contribution in [3.05, 3.63) is 94.7 Å². The average Bonchev–Trinajstić information content (AvgIpc) is 3.46. The Hall–Kier alpha value is -3.01. The maximum atomic E-state index is 13.0. The molecule has 0 N–H and O–H groups in total. The second-order valence-electron chi connectivity index (χ2n) is 9.02. The highest BCUT2D eigenvalue weighted by Crippen LogP contribution is 2.36. The predicted octanol–water partition coefficient (Wildman–Crippen LogP) is 5.31. The van der Waals surface area contributed by atoms with E-state index in [4.69, 9.17) is 9.47 Å². The molecule has 32 heavy (non-hydrogen) atoms. The number of ketones is 1. The van der Waals surface area contributed by atoms with E-state index < -0.39 is 0 Å². The van der Waals surface area contributed by atoms with Crippen LogP contribution in [0.15, 0.2) is 94.7 Å². The molecule has 5 aliphatic rings. The smallest absolute Gasteiger partial charge is 0.185 e. The fourth-order valence-corrected chi connectivity index (χ4v) is 5.04. The van der Waals surface area contributed by atoms with E-state index in [1.165, 1.54) is 11.3 Å². The highest BCUT2D eigenvalue weighted by atomic mass is 16.5. The number of allylic oxidation sites excluding steroid dienone is 7. The van der Waals surface area contributed by atoms with E-state index in [9.17, 15) is 4.79 Å². The molecule has 2 aliphatic heterocycles. The summed E-state index contributed by atoms with van der Waals surface area (Å²) in [7, 11) is 0. The zero-order valence-electron chi connectivity index (χ0n) is 19.1. The topological polar surface area (TPSA) is 38.8 Å². The number of carbonyl (C=O) groups excluding carboxylic acids is 1. The van der Waals surface area contributed by atoms with Crippen LogP contribution >= 0.6 is 0 Å². The average molecular weight is 430 g/mol. The summed E-state index contributed by atoms with van der Waals surface area (Å²) >= 11 is 0. The van der Waals surface area contributed by atoms with Gasteiger partial charge in [0.05, 0.1) is 0 Å². The molecule has 5 rings (SSSR count). The molecule has 0 spiro atoms. The van der Waals surface area contributed by atoms with Crippen LogP contribution in [0.25, 0.3) is 0 Å². The molecule has 4 unspecified atom stereocenters. The van der Waals surface area contributed by atoms with Gasteiger partial charge in [0.25, 0.3) is 0 Å². The molecule has 0 aromatic rings. The summed E-state index contributed by atoms with van der Waals surface area (Å²) < 4.78 is 12.3. The summed E-state index contributed by atoms with van der Waals surface area (Å²) in [6.07, 6.45) is 22.7. The minimum absolute atomic E-state index is 0.0129. The fourth-order valence-electron chi connectivity index (χ4n) is 5.04. The van der Waals surface area contributed by atoms with Crippen LogP contribution in [0.3, 0.4) is 0 Å². The second kappa shape index (κ2) is 8.50. The van der Waals surface area contributed by atoms with Crippen LogP contribution in [-0.2, 0) is 14.3 Å². The van der Waals surface area contributed by atoms with Gasteiger partial charge in [0.1, 0.15) is 23.7 Å². The van der Waals surface area contributed by atoms with Crippen LogP contribution < -0.4 is 0 Å². The van der Waals surface area contributed by atoms with E-state index in [1.807, 2.05) is 12.2 Å². The first kappa shape index (κ1) is 20.9. The van der Waals surface area contributed by atoms with Gasteiger partial charge in [-0.15, -0.1) is 0 Å². The third kappa shape index (κ3) is 3.94. The van der Waals surface area contributed by atoms with E-state index >= 15 is 0 Å². The lowest BCUT2D eigenvalue weighted by Crippen LogP contribution is -2.26. The minimum Gasteiger partial charge on any atom is -0.486 e. The Morgan fingerprint density at radius 1 is 0.875 bits per heavy atom. The maximum absolute atomic E-state index is 13.0. The van der Waals surface area contributed by atoms with Crippen molar-refractivity contribution in [3.63, 3.8) is 0 Å². The molecule has 0 aromatic carbocycles. The lowest BCUT2D eigenvalue weighted by molar-refractivity contribution is -0.111. The van der Waals surface area contributed by atoms with Crippen molar-refractivity contribution in [3.8, 4) is 0 Å². The van der Waals surface area contributed by atoms with Gasteiger partial charge in [-0.25, -0.2) is 0 Å². The monoisotopic (exact) mass is 429 g/mol. The van der Waals surface area contributed by atoms with E-state index in [0.717, 1.165) is 48.6 Å². The first-order chi connectivity index (χ1) is 15.5. The third-order valence-corrected chi connectivity index (χ3v) is 6.86. The number of rotatable bonds is 5. The standard InChI is InChI=1S/C28H31NO3/c1-4-29(5-2)23-11-10-20-14-25(32-27(20)17-23)16-22-9-8-21(28(22)30)15-24-13-19-7-6-18(3)12-26(19)31-24/h6-7,10-17,19-20,26-27H,4-5,8-9H2,1-3H3. The Bertz CT molecular complexity index is 1060. The summed E-state index contributed by atoms with van der Waals surface area (Å²) in [6, 6.07) is 0. The Kier molecular flexibility index (Phi) is 5.54. The molecule has 4 heteroatoms. The summed E-state index contributed by atoms with van der Waals surface area (Å²) in [5.74, 6) is 2.22. The summed E-state index contributed by atoms with van der Waals surface area (Å²) in [5, 5.41) is 0. The molecule has 0 saturated heterocycles. The number of hydrogen-bond donors (Lipinski definition) is 0. The van der Waals surface area contributed by atoms with Gasteiger partial charge < -0.3 is 14.4 Å². The molecule has 0 bridgehead atoms. The number of carbonyl (C=O) groups is 1. The summed E-state index contributed by atoms with van der Waals surface area (Å²) in [5.41, 5.74) is 4.08. The highest BCUT2D eigenvalue weighted by molar-refractivity contribution is 6.11. The van der Waals surface area contributed by atoms with Gasteiger partial charge in [0, 0.05) is 41.8 Å². The molecule has 166 valence electrons. The number of hydrogen-bond acceptors (Lipinski definition) is 4. The van der Waals surface area contributed by atoms with Gasteiger partial charge in [0.15, 0.2) is 5.78 Å². The van der Waals surface area contributed by atoms with E-state index in [1.54, 1.807) is 0 Å². The van der Waals surface area contributed by atoms with Crippen molar-refractivity contribution in [1.29, 1.82) is 0 Å². The van der Waals surface area contributed by atoms with Gasteiger partial charge in [-0.1, -0.05) is 23.8 Å². The van der Waals surface area contributed by atoms with Crippen molar-refractivity contribution in [2.45, 2.75) is 45.8 Å². The van der Waals surface area contributed by atoms with E-state index in [-0.39, 0.29) is 29.8 Å². The molecule has 1 fully saturated rings. The van der Waals surface area contributed by atoms with Crippen molar-refractivity contribution < 1.29 is 14.3 Å². The second-order valence-corrected chi connectivity index (χ2v) is 9.02. The highest BCUT2D eigenvalue weighted by Gasteiger charge is 2.32. The van der Waals surface area contributed by atoms with E-state index in [2.05, 4.69) is 74.3 Å². The molecule has 0 aromatic heterocycles. The SMILES string of the molecule is CCN(CC)C1=CC2OC(C=C3CCC(=CC4=CC5C=CC(C)=CC5O4)C3=O)=CC2C=C1. The van der Waals surface area contributed by atoms with Gasteiger partial charge in [0.2, 0.25) is 0 Å². The van der Waals surface area contributed by atoms with Crippen molar-refractivity contribution in [1.82, 2.24) is 4.90 Å². The van der Waals surface area contributed by atoms with Crippen LogP contribution in [0.4, 0.5) is 0 Å². The lowest BCUT2D eigenvalue weighted by atomic mass is 9.95. The number of likely N-dealkylation sites (N-methyl/N-ethyl adjacent to an activating group) is 1. The van der Waals surface area contributed by atoms with Crippen LogP contribution in [0.1, 0.15) is 33.6 Å². The molecule has 4 nitrogen and oxygen atoms in total. The molecule has 1 saturated carbocycles. The van der Waals surface area contributed by atoms with Gasteiger partial charge >= 0.3 is 0 Å². The van der Waals surface area contributed by atoms with Crippen LogP contribution in [0.2, 0.25) is 0 Å². The Balaban J connectivity index is 1.26. The predicted molar refractivity (Wildman–Crippen MR) is 126 cm³/mol. The van der Waals surface area contributed by atoms with E-state index in [0.29, 0.717) is 0 Å². The molecule has 3 aliphatic carbocycles. The zero-order chi connectivity index (χ0) is 22.2. The third-order valence-electron chi connectivity index (χ3n) is 6.86. The first-order valence-electron chi connectivity index (χ1n) is 11.8. The van der Waals surface area contributed by atoms with Crippen molar-refractivity contribution >= 4 is 5.78 Å². The largest absolute Gasteiger partial charge is 0.486 e. The molecular weight excluding hydrogens is 398 g/mol. The molecule has 0 amide bonds. The van der Waals surface area contributed by atoms with Crippen molar-refractivity contribution in [2.75, 3.05) is 13.1 Å². The normalized spacial score (nSPS) is 32.8. The molecular formula is C28H31NO3. The zero-order valence-corrected chi connectivity index (χ0v) is 19.1. The van der Waals surface area contributed by atoms with Gasteiger partial charge in [-0.2, -0.15) is 0 Å². The van der Waals surface area contributed by atoms with Crippen molar-refractivity contribution in [2.24, 2.45) is 11.8 Å². The fraction of sp³-hybridized carbons (Fsp3) is 0.393. The Morgan fingerprint density at radius 3 is 2.03 bits per heavy atom. The molecule has 0 radical (unpaired) electrons. The number of fused-ring (bicyclic) bond motifs is 2. The molecule has 4 atom stereocenters. The number of ether oxygens (including phenoxy) is 2. The first-order valence-corrected chi connectivity index (χ1v) is 11.8. The quantitative estimate of drug-likeness (QED) is 0.555. The maximum Gasteiger partial charge on any atom is 0.185 e. The Labute approximate surface area is 190 Å². The van der Waals surface area contributed by atoms with Gasteiger partial charge in [-0.3, -0.25) is 4.79 Å². The lowest BCUT2D eigenvalue weighted by Gasteiger charge is -2.27. The van der Waals surface area contributed by atoms with Crippen LogP contribution in [0, 0.1) is 11.8 Å². The summed E-state index contributed by atoms with van der Waals surface area (Å²) in [6.45, 7) is 8.37. The molecule has 2 heterocycles. The summed E-state index contributed by atoms with van der Waals surface area (Å²) in [4.78, 5) is 15.3. The van der Waals surface area contributed by atoms with Crippen LogP contribution in [-0.4, -0.2) is 36.0 Å². The Morgan fingerprint density at radius 2 is 1.44 bits per heavy atom. The minimum atomic E-state index is 0.0129. The van der Waals surface area contributed by atoms with Gasteiger partial charge in [-0.05, 0) is 76.1 Å². The number of nitrogens with zero attached hydrogens (tertiary/aromatic N) is 1.